The Bertz CT molecular complexity index is 108. The monoisotopic (exact) mass is 164 g/mol. The predicted molar refractivity (Wildman–Crippen MR) is 44.4 cm³/mol. The van der Waals surface area contributed by atoms with Crippen molar-refractivity contribution in [2.45, 2.75) is 0 Å². The second kappa shape index (κ2) is 3.09. The van der Waals surface area contributed by atoms with Crippen LogP contribution < -0.4 is 0 Å². The van der Waals surface area contributed by atoms with Gasteiger partial charge in [0.25, 0.3) is 0 Å². The highest BCUT2D eigenvalue weighted by molar-refractivity contribution is 8.24. The highest BCUT2D eigenvalue weighted by Crippen LogP contribution is 2.39. The summed E-state index contributed by atoms with van der Waals surface area (Å²) < 4.78 is 18.4. The fourth-order valence-electron chi connectivity index (χ4n) is 0.988. The molecule has 0 saturated carbocycles. The van der Waals surface area contributed by atoms with E-state index < -0.39 is 10.6 Å². The summed E-state index contributed by atoms with van der Waals surface area (Å²) in [5.41, 5.74) is 0. The van der Waals surface area contributed by atoms with Crippen molar-refractivity contribution in [3.8, 4) is 0 Å². The molecule has 0 unspecified atom stereocenters. The van der Waals surface area contributed by atoms with Crippen LogP contribution in [0.25, 0.3) is 0 Å². The highest BCUT2D eigenvalue weighted by atomic mass is 32.3. The quantitative estimate of drug-likeness (QED) is 0.605. The first kappa shape index (κ1) is 8.33. The van der Waals surface area contributed by atoms with Gasteiger partial charge >= 0.3 is 0 Å². The molecule has 1 radical (unpaired) electrons. The summed E-state index contributed by atoms with van der Waals surface area (Å²) in [5, 5.41) is 0. The smallest absolute Gasteiger partial charge is 0.0502 e. The Balaban J connectivity index is 2.31. The normalized spacial score (nSPS) is 29.9. The zero-order valence-electron chi connectivity index (χ0n) is 5.99. The summed E-state index contributed by atoms with van der Waals surface area (Å²) in [6.45, 7) is 6.07. The van der Waals surface area contributed by atoms with Crippen LogP contribution in [0.1, 0.15) is 0 Å². The predicted octanol–water partition coefficient (Wildman–Crippen LogP) is 0.887. The van der Waals surface area contributed by atoms with Crippen LogP contribution in [0.2, 0.25) is 0 Å². The van der Waals surface area contributed by atoms with E-state index in [2.05, 4.69) is 11.8 Å². The zero-order valence-corrected chi connectivity index (χ0v) is 6.81. The molecule has 1 saturated heterocycles. The maximum absolute atomic E-state index is 9.18. The van der Waals surface area contributed by atoms with Crippen LogP contribution in [-0.2, 0) is 0 Å². The summed E-state index contributed by atoms with van der Waals surface area (Å²) in [6.07, 6.45) is 0. The lowest BCUT2D eigenvalue weighted by Crippen LogP contribution is -2.37. The third-order valence-electron chi connectivity index (χ3n) is 1.79. The van der Waals surface area contributed by atoms with E-state index in [1.807, 2.05) is 0 Å². The van der Waals surface area contributed by atoms with E-state index in [4.69, 9.17) is 0 Å². The molecule has 1 aliphatic heterocycles. The second-order valence-corrected chi connectivity index (χ2v) is 4.97. The lowest BCUT2D eigenvalue weighted by molar-refractivity contribution is 0.312. The van der Waals surface area contributed by atoms with Crippen molar-refractivity contribution in [1.82, 2.24) is 4.90 Å². The highest BCUT2D eigenvalue weighted by Gasteiger charge is 2.20. The van der Waals surface area contributed by atoms with Gasteiger partial charge in [0.1, 0.15) is 0 Å². The minimum Gasteiger partial charge on any atom is -0.300 e. The van der Waals surface area contributed by atoms with E-state index in [1.165, 1.54) is 0 Å². The molecule has 1 rings (SSSR count). The van der Waals surface area contributed by atoms with Gasteiger partial charge in [0.05, 0.1) is 11.5 Å². The first-order valence-corrected chi connectivity index (χ1v) is 5.28. The van der Waals surface area contributed by atoms with Crippen molar-refractivity contribution in [1.29, 1.82) is 0 Å². The van der Waals surface area contributed by atoms with Crippen LogP contribution in [0, 0.1) is 6.92 Å². The summed E-state index contributed by atoms with van der Waals surface area (Å²) in [4.78, 5) is 2.12. The second-order valence-electron chi connectivity index (χ2n) is 2.55. The minimum absolute atomic E-state index is 0.530. The molecule has 0 aromatic heterocycles. The molecule has 10 heavy (non-hydrogen) atoms. The van der Waals surface area contributed by atoms with Crippen molar-refractivity contribution < 1.29 is 9.11 Å². The Morgan fingerprint density at radius 3 is 2.20 bits per heavy atom. The van der Waals surface area contributed by atoms with Gasteiger partial charge in [-0.3, -0.25) is 9.11 Å². The molecular weight excluding hydrogens is 150 g/mol. The van der Waals surface area contributed by atoms with Crippen molar-refractivity contribution in [2.24, 2.45) is 0 Å². The van der Waals surface area contributed by atoms with Gasteiger partial charge in [-0.1, -0.05) is 0 Å². The molecule has 0 aliphatic carbocycles. The lowest BCUT2D eigenvalue weighted by atomic mass is 10.5. The summed E-state index contributed by atoms with van der Waals surface area (Å²) in [7, 11) is -2.20. The molecule has 1 heterocycles. The molecule has 0 amide bonds. The van der Waals surface area contributed by atoms with Gasteiger partial charge in [-0.05, 0) is 13.5 Å². The third-order valence-corrected chi connectivity index (χ3v) is 3.46. The fraction of sp³-hybridized carbons (Fsp3) is 0.833. The Hall–Kier alpha value is 0.230. The summed E-state index contributed by atoms with van der Waals surface area (Å²) in [5.74, 6) is 1.06. The van der Waals surface area contributed by atoms with Crippen molar-refractivity contribution in [3.63, 3.8) is 0 Å². The molecule has 1 aliphatic rings. The Kier molecular flexibility index (Phi) is 2.57. The van der Waals surface area contributed by atoms with Crippen molar-refractivity contribution in [2.75, 3.05) is 31.1 Å². The van der Waals surface area contributed by atoms with Crippen molar-refractivity contribution >= 4 is 10.6 Å². The van der Waals surface area contributed by atoms with Gasteiger partial charge < -0.3 is 4.90 Å². The molecule has 0 spiro atoms. The molecule has 2 N–H and O–H groups in total. The van der Waals surface area contributed by atoms with Gasteiger partial charge in [-0.15, -0.1) is 0 Å². The number of hydrogen-bond donors (Lipinski definition) is 2. The Morgan fingerprint density at radius 2 is 1.80 bits per heavy atom. The molecule has 0 atom stereocenters. The van der Waals surface area contributed by atoms with Gasteiger partial charge in [-0.2, -0.15) is 10.6 Å². The minimum atomic E-state index is -2.20. The van der Waals surface area contributed by atoms with Gasteiger partial charge in [0.15, 0.2) is 0 Å². The Labute approximate surface area is 63.4 Å². The Morgan fingerprint density at radius 1 is 1.30 bits per heavy atom. The topological polar surface area (TPSA) is 43.7 Å². The summed E-state index contributed by atoms with van der Waals surface area (Å²) >= 11 is 0. The van der Waals surface area contributed by atoms with Crippen molar-refractivity contribution in [3.05, 3.63) is 6.92 Å². The van der Waals surface area contributed by atoms with Crippen LogP contribution in [0.3, 0.4) is 0 Å². The number of hydrogen-bond acceptors (Lipinski definition) is 3. The molecule has 0 bridgehead atoms. The summed E-state index contributed by atoms with van der Waals surface area (Å²) in [6, 6.07) is 0. The molecule has 61 valence electrons. The number of nitrogens with zero attached hydrogens (tertiary/aromatic N) is 1. The first-order chi connectivity index (χ1) is 4.64. The first-order valence-electron chi connectivity index (χ1n) is 3.39. The average molecular weight is 164 g/mol. The van der Waals surface area contributed by atoms with E-state index in [1.54, 1.807) is 0 Å². The van der Waals surface area contributed by atoms with E-state index in [0.717, 1.165) is 19.6 Å². The van der Waals surface area contributed by atoms with Crippen LogP contribution in [0.15, 0.2) is 0 Å². The van der Waals surface area contributed by atoms with Crippen LogP contribution in [-0.4, -0.2) is 45.1 Å². The third kappa shape index (κ3) is 2.12. The van der Waals surface area contributed by atoms with E-state index in [9.17, 15) is 9.11 Å². The molecule has 3 nitrogen and oxygen atoms in total. The molecule has 4 heteroatoms. The molecule has 0 aromatic rings. The van der Waals surface area contributed by atoms with Crippen LogP contribution in [0.4, 0.5) is 0 Å². The van der Waals surface area contributed by atoms with E-state index in [-0.39, 0.29) is 0 Å². The largest absolute Gasteiger partial charge is 0.300 e. The van der Waals surface area contributed by atoms with E-state index >= 15 is 0 Å². The zero-order chi connectivity index (χ0) is 7.61. The van der Waals surface area contributed by atoms with Crippen LogP contribution >= 0.6 is 10.6 Å². The SMILES string of the molecule is [CH2]CN1CCS(O)(O)CC1. The fourth-order valence-corrected chi connectivity index (χ4v) is 2.29. The van der Waals surface area contributed by atoms with Gasteiger partial charge in [0, 0.05) is 13.1 Å². The maximum Gasteiger partial charge on any atom is 0.0502 e. The van der Waals surface area contributed by atoms with Crippen LogP contribution in [0.5, 0.6) is 0 Å². The average Bonchev–Trinajstić information content (AvgIpc) is 1.88. The molecular formula is C6H14NO2S. The van der Waals surface area contributed by atoms with Gasteiger partial charge in [-0.25, -0.2) is 0 Å². The maximum atomic E-state index is 9.18. The lowest BCUT2D eigenvalue weighted by Gasteiger charge is -2.40. The molecule has 0 aromatic carbocycles. The van der Waals surface area contributed by atoms with E-state index in [0.29, 0.717) is 11.5 Å². The standard InChI is InChI=1S/C6H14NO2S/c1-2-7-3-5-10(8,9)6-4-7/h8-9H,1-6H2. The number of rotatable bonds is 1. The molecule has 1 fully saturated rings. The van der Waals surface area contributed by atoms with Gasteiger partial charge in [0.2, 0.25) is 0 Å².